The lowest BCUT2D eigenvalue weighted by molar-refractivity contribution is 0.0755. The number of aromatic nitrogens is 2. The van der Waals surface area contributed by atoms with Gasteiger partial charge in [-0.15, -0.1) is 0 Å². The van der Waals surface area contributed by atoms with E-state index >= 15 is 0 Å². The first-order chi connectivity index (χ1) is 12.5. The number of hydrogen-bond acceptors (Lipinski definition) is 5. The molecule has 6 heteroatoms. The smallest absolute Gasteiger partial charge is 0.272 e. The number of carbonyl (C=O) groups is 2. The van der Waals surface area contributed by atoms with Crippen LogP contribution in [0.15, 0.2) is 30.3 Å². The molecule has 3 rings (SSSR count). The van der Waals surface area contributed by atoms with Gasteiger partial charge in [-0.1, -0.05) is 12.8 Å². The first-order valence-electron chi connectivity index (χ1n) is 9.06. The molecule has 1 amide bonds. The lowest BCUT2D eigenvalue weighted by Crippen LogP contribution is -2.32. The number of ketones is 1. The number of likely N-dealkylation sites (tertiary alicyclic amines) is 1. The summed E-state index contributed by atoms with van der Waals surface area (Å²) in [5.41, 5.74) is 2.58. The molecule has 1 aliphatic rings. The van der Waals surface area contributed by atoms with Crippen molar-refractivity contribution in [2.45, 2.75) is 39.5 Å². The molecule has 0 atom stereocenters. The van der Waals surface area contributed by atoms with Gasteiger partial charge in [0.2, 0.25) is 5.95 Å². The Morgan fingerprint density at radius 2 is 1.65 bits per heavy atom. The molecule has 1 fully saturated rings. The van der Waals surface area contributed by atoms with E-state index in [4.69, 9.17) is 0 Å². The van der Waals surface area contributed by atoms with E-state index in [0.717, 1.165) is 37.3 Å². The molecular weight excluding hydrogens is 328 g/mol. The van der Waals surface area contributed by atoms with E-state index in [1.165, 1.54) is 19.8 Å². The molecule has 136 valence electrons. The van der Waals surface area contributed by atoms with Gasteiger partial charge in [-0.3, -0.25) is 9.59 Å². The van der Waals surface area contributed by atoms with Crippen molar-refractivity contribution in [3.63, 3.8) is 0 Å². The summed E-state index contributed by atoms with van der Waals surface area (Å²) in [5.74, 6) is 0.375. The van der Waals surface area contributed by atoms with Crippen LogP contribution < -0.4 is 5.32 Å². The number of aryl methyl sites for hydroxylation is 1. The molecule has 1 aromatic heterocycles. The van der Waals surface area contributed by atoms with Gasteiger partial charge < -0.3 is 10.2 Å². The van der Waals surface area contributed by atoms with Gasteiger partial charge in [0, 0.05) is 30.0 Å². The largest absolute Gasteiger partial charge is 0.337 e. The highest BCUT2D eigenvalue weighted by Gasteiger charge is 2.19. The molecule has 2 aromatic rings. The number of hydrogen-bond donors (Lipinski definition) is 1. The minimum atomic E-state index is -0.0348. The number of carbonyl (C=O) groups excluding carboxylic acids is 2. The molecule has 0 bridgehead atoms. The Morgan fingerprint density at radius 1 is 1.00 bits per heavy atom. The fourth-order valence-corrected chi connectivity index (χ4v) is 3.09. The van der Waals surface area contributed by atoms with E-state index < -0.39 is 0 Å². The molecule has 1 N–H and O–H groups in total. The van der Waals surface area contributed by atoms with Crippen molar-refractivity contribution in [3.05, 3.63) is 47.3 Å². The van der Waals surface area contributed by atoms with Crippen molar-refractivity contribution in [3.8, 4) is 0 Å². The summed E-state index contributed by atoms with van der Waals surface area (Å²) in [4.78, 5) is 34.8. The maximum Gasteiger partial charge on any atom is 0.272 e. The Balaban J connectivity index is 1.78. The van der Waals surface area contributed by atoms with Crippen LogP contribution in [-0.2, 0) is 0 Å². The van der Waals surface area contributed by atoms with Crippen LogP contribution in [0.1, 0.15) is 59.1 Å². The SMILES string of the molecule is CC(=O)c1ccc(Nc2nc(C)cc(C(=O)N3CCCCCC3)n2)cc1. The Bertz CT molecular complexity index is 794. The van der Waals surface area contributed by atoms with Crippen molar-refractivity contribution in [1.82, 2.24) is 14.9 Å². The summed E-state index contributed by atoms with van der Waals surface area (Å²) in [7, 11) is 0. The zero-order valence-corrected chi connectivity index (χ0v) is 15.3. The Labute approximate surface area is 153 Å². The highest BCUT2D eigenvalue weighted by molar-refractivity contribution is 5.94. The molecule has 1 aromatic carbocycles. The second-order valence-corrected chi connectivity index (χ2v) is 6.68. The standard InChI is InChI=1S/C20H24N4O2/c1-14-13-18(19(26)24-11-5-3-4-6-12-24)23-20(21-14)22-17-9-7-16(8-10-17)15(2)25/h7-10,13H,3-6,11-12H2,1-2H3,(H,21,22,23). The zero-order valence-electron chi connectivity index (χ0n) is 15.3. The second-order valence-electron chi connectivity index (χ2n) is 6.68. The third-order valence-electron chi connectivity index (χ3n) is 4.51. The van der Waals surface area contributed by atoms with Gasteiger partial charge in [0.05, 0.1) is 0 Å². The first kappa shape index (κ1) is 18.0. The van der Waals surface area contributed by atoms with Crippen LogP contribution in [0.2, 0.25) is 0 Å². The predicted octanol–water partition coefficient (Wildman–Crippen LogP) is 3.75. The molecule has 0 unspecified atom stereocenters. The average Bonchev–Trinajstić information content (AvgIpc) is 2.90. The van der Waals surface area contributed by atoms with E-state index in [9.17, 15) is 9.59 Å². The topological polar surface area (TPSA) is 75.2 Å². The molecule has 1 aliphatic heterocycles. The predicted molar refractivity (Wildman–Crippen MR) is 101 cm³/mol. The number of amides is 1. The number of Topliss-reactive ketones (excluding diaryl/α,β-unsaturated/α-hetero) is 1. The van der Waals surface area contributed by atoms with Crippen LogP contribution in [0.4, 0.5) is 11.6 Å². The monoisotopic (exact) mass is 352 g/mol. The fourth-order valence-electron chi connectivity index (χ4n) is 3.09. The van der Waals surface area contributed by atoms with Crippen LogP contribution in [0, 0.1) is 6.92 Å². The molecule has 0 saturated carbocycles. The molecule has 1 saturated heterocycles. The van der Waals surface area contributed by atoms with E-state index in [-0.39, 0.29) is 11.7 Å². The lowest BCUT2D eigenvalue weighted by Gasteiger charge is -2.20. The van der Waals surface area contributed by atoms with Gasteiger partial charge in [-0.25, -0.2) is 9.97 Å². The van der Waals surface area contributed by atoms with Gasteiger partial charge in [-0.2, -0.15) is 0 Å². The van der Waals surface area contributed by atoms with Crippen molar-refractivity contribution >= 4 is 23.3 Å². The van der Waals surface area contributed by atoms with E-state index in [0.29, 0.717) is 17.2 Å². The third kappa shape index (κ3) is 4.45. The zero-order chi connectivity index (χ0) is 18.5. The quantitative estimate of drug-likeness (QED) is 0.848. The number of anilines is 2. The minimum Gasteiger partial charge on any atom is -0.337 e. The molecule has 0 radical (unpaired) electrons. The van der Waals surface area contributed by atoms with Crippen LogP contribution >= 0.6 is 0 Å². The average molecular weight is 352 g/mol. The molecule has 0 aliphatic carbocycles. The van der Waals surface area contributed by atoms with Gasteiger partial charge >= 0.3 is 0 Å². The van der Waals surface area contributed by atoms with Crippen molar-refractivity contribution in [2.24, 2.45) is 0 Å². The maximum atomic E-state index is 12.8. The van der Waals surface area contributed by atoms with Crippen molar-refractivity contribution < 1.29 is 9.59 Å². The number of benzene rings is 1. The van der Waals surface area contributed by atoms with Crippen molar-refractivity contribution in [2.75, 3.05) is 18.4 Å². The third-order valence-corrected chi connectivity index (χ3v) is 4.51. The second kappa shape index (κ2) is 8.08. The Morgan fingerprint density at radius 3 is 2.27 bits per heavy atom. The Kier molecular flexibility index (Phi) is 5.61. The van der Waals surface area contributed by atoms with Gasteiger partial charge in [-0.05, 0) is 57.0 Å². The Hall–Kier alpha value is -2.76. The van der Waals surface area contributed by atoms with Gasteiger partial charge in [0.1, 0.15) is 5.69 Å². The summed E-state index contributed by atoms with van der Waals surface area (Å²) in [5, 5.41) is 3.12. The maximum absolute atomic E-state index is 12.8. The normalized spacial score (nSPS) is 14.6. The fraction of sp³-hybridized carbons (Fsp3) is 0.400. The molecule has 6 nitrogen and oxygen atoms in total. The molecule has 26 heavy (non-hydrogen) atoms. The molecule has 0 spiro atoms. The number of nitrogens with one attached hydrogen (secondary N) is 1. The summed E-state index contributed by atoms with van der Waals surface area (Å²) < 4.78 is 0. The summed E-state index contributed by atoms with van der Waals surface area (Å²) >= 11 is 0. The molecule has 2 heterocycles. The summed E-state index contributed by atoms with van der Waals surface area (Å²) in [6.07, 6.45) is 4.44. The highest BCUT2D eigenvalue weighted by atomic mass is 16.2. The minimum absolute atomic E-state index is 0.0219. The summed E-state index contributed by atoms with van der Waals surface area (Å²) in [6, 6.07) is 8.85. The van der Waals surface area contributed by atoms with Gasteiger partial charge in [0.15, 0.2) is 5.78 Å². The lowest BCUT2D eigenvalue weighted by atomic mass is 10.1. The first-order valence-corrected chi connectivity index (χ1v) is 9.06. The van der Waals surface area contributed by atoms with E-state index in [1.54, 1.807) is 30.3 Å². The number of nitrogens with zero attached hydrogens (tertiary/aromatic N) is 3. The van der Waals surface area contributed by atoms with E-state index in [2.05, 4.69) is 15.3 Å². The van der Waals surface area contributed by atoms with Crippen LogP contribution in [0.25, 0.3) is 0 Å². The number of rotatable bonds is 4. The summed E-state index contributed by atoms with van der Waals surface area (Å²) in [6.45, 7) is 4.96. The molecular formula is C20H24N4O2. The van der Waals surface area contributed by atoms with Crippen LogP contribution in [0.3, 0.4) is 0 Å². The highest BCUT2D eigenvalue weighted by Crippen LogP contribution is 2.17. The van der Waals surface area contributed by atoms with Gasteiger partial charge in [0.25, 0.3) is 5.91 Å². The van der Waals surface area contributed by atoms with Crippen LogP contribution in [-0.4, -0.2) is 39.6 Å². The van der Waals surface area contributed by atoms with Crippen LogP contribution in [0.5, 0.6) is 0 Å². The van der Waals surface area contributed by atoms with E-state index in [1.807, 2.05) is 11.8 Å². The van der Waals surface area contributed by atoms with Crippen molar-refractivity contribution in [1.29, 1.82) is 0 Å².